The highest BCUT2D eigenvalue weighted by Gasteiger charge is 2.28. The predicted octanol–water partition coefficient (Wildman–Crippen LogP) is 4.17. The van der Waals surface area contributed by atoms with Gasteiger partial charge >= 0.3 is 0 Å². The lowest BCUT2D eigenvalue weighted by Crippen LogP contribution is -2.33. The van der Waals surface area contributed by atoms with Crippen LogP contribution in [0.3, 0.4) is 0 Å². The molecular formula is C29H36N6O4. The summed E-state index contributed by atoms with van der Waals surface area (Å²) in [4.78, 5) is 18.6. The Hall–Kier alpha value is -3.76. The quantitative estimate of drug-likeness (QED) is 0.307. The summed E-state index contributed by atoms with van der Waals surface area (Å²) in [7, 11) is 3.18. The molecule has 0 amide bonds. The van der Waals surface area contributed by atoms with Crippen molar-refractivity contribution in [2.75, 3.05) is 20.8 Å². The minimum atomic E-state index is -0.141. The number of hydrogen-bond donors (Lipinski definition) is 1. The second-order valence-corrected chi connectivity index (χ2v) is 10.1. The summed E-state index contributed by atoms with van der Waals surface area (Å²) in [5.74, 6) is 1.96. The second kappa shape index (κ2) is 12.0. The average Bonchev–Trinajstić information content (AvgIpc) is 3.63. The van der Waals surface area contributed by atoms with Crippen molar-refractivity contribution in [1.82, 2.24) is 30.1 Å². The molecule has 0 radical (unpaired) electrons. The Balaban J connectivity index is 1.51. The van der Waals surface area contributed by atoms with E-state index in [0.29, 0.717) is 42.2 Å². The van der Waals surface area contributed by atoms with Crippen molar-refractivity contribution in [2.45, 2.75) is 64.9 Å². The van der Waals surface area contributed by atoms with Crippen LogP contribution in [0.1, 0.15) is 54.7 Å². The molecule has 1 N–H and O–H groups in total. The van der Waals surface area contributed by atoms with Crippen molar-refractivity contribution in [2.24, 2.45) is 0 Å². The summed E-state index contributed by atoms with van der Waals surface area (Å²) in [5.41, 5.74) is 3.56. The number of aromatic nitrogens is 5. The van der Waals surface area contributed by atoms with E-state index in [1.807, 2.05) is 16.8 Å². The first-order valence-corrected chi connectivity index (χ1v) is 13.4. The van der Waals surface area contributed by atoms with Crippen molar-refractivity contribution in [3.63, 3.8) is 0 Å². The Morgan fingerprint density at radius 1 is 1.13 bits per heavy atom. The summed E-state index contributed by atoms with van der Waals surface area (Å²) in [5, 5.41) is 13.6. The van der Waals surface area contributed by atoms with Crippen molar-refractivity contribution in [1.29, 1.82) is 0 Å². The van der Waals surface area contributed by atoms with Gasteiger partial charge < -0.3 is 19.2 Å². The summed E-state index contributed by atoms with van der Waals surface area (Å²) in [6.07, 6.45) is 2.95. The third-order valence-corrected chi connectivity index (χ3v) is 7.39. The molecule has 39 heavy (non-hydrogen) atoms. The van der Waals surface area contributed by atoms with Crippen molar-refractivity contribution in [3.05, 3.63) is 75.3 Å². The number of methoxy groups -OCH3 is 2. The van der Waals surface area contributed by atoms with Gasteiger partial charge in [0.1, 0.15) is 0 Å². The smallest absolute Gasteiger partial charge is 0.252 e. The van der Waals surface area contributed by atoms with Gasteiger partial charge in [-0.05, 0) is 54.3 Å². The largest absolute Gasteiger partial charge is 0.493 e. The van der Waals surface area contributed by atoms with Gasteiger partial charge in [0.25, 0.3) is 5.56 Å². The van der Waals surface area contributed by atoms with Gasteiger partial charge in [-0.2, -0.15) is 0 Å². The fraction of sp³-hybridized carbons (Fsp3) is 0.448. The van der Waals surface area contributed by atoms with Gasteiger partial charge in [-0.1, -0.05) is 36.8 Å². The minimum absolute atomic E-state index is 0.108. The maximum atomic E-state index is 13.3. The molecule has 0 saturated carbocycles. The van der Waals surface area contributed by atoms with Crippen LogP contribution >= 0.6 is 0 Å². The number of benzene rings is 2. The van der Waals surface area contributed by atoms with E-state index in [2.05, 4.69) is 63.5 Å². The zero-order chi connectivity index (χ0) is 27.4. The Kier molecular flexibility index (Phi) is 8.23. The third-order valence-electron chi connectivity index (χ3n) is 7.39. The standard InChI is InChI=1S/C29H36N6O4/c1-5-25(28-31-32-33-35(28)18-23-7-6-12-39-23)34(16-20-10-8-19(2)9-11-20)17-22-13-21-14-26(37-3)27(38-4)15-24(21)30-29(22)36/h8-11,13-15,23,25H,5-7,12,16-18H2,1-4H3,(H,30,36). The molecule has 206 valence electrons. The highest BCUT2D eigenvalue weighted by atomic mass is 16.5. The molecule has 2 unspecified atom stereocenters. The lowest BCUT2D eigenvalue weighted by atomic mass is 10.1. The molecule has 0 bridgehead atoms. The zero-order valence-electron chi connectivity index (χ0n) is 23.0. The number of fused-ring (bicyclic) bond motifs is 1. The Labute approximate surface area is 227 Å². The van der Waals surface area contributed by atoms with Gasteiger partial charge in [0.2, 0.25) is 0 Å². The topological polar surface area (TPSA) is 107 Å². The van der Waals surface area contributed by atoms with E-state index in [1.54, 1.807) is 20.3 Å². The Morgan fingerprint density at radius 3 is 2.59 bits per heavy atom. The van der Waals surface area contributed by atoms with Crippen LogP contribution < -0.4 is 15.0 Å². The SMILES string of the molecule is CCC(c1nnnn1CC1CCCO1)N(Cc1ccc(C)cc1)Cc1cc2cc(OC)c(OC)cc2[nH]c1=O. The number of H-pyrrole nitrogens is 1. The third kappa shape index (κ3) is 5.97. The Bertz CT molecular complexity index is 1460. The molecule has 1 aliphatic rings. The molecule has 10 heteroatoms. The van der Waals surface area contributed by atoms with Gasteiger partial charge in [0.15, 0.2) is 17.3 Å². The van der Waals surface area contributed by atoms with E-state index in [9.17, 15) is 4.79 Å². The van der Waals surface area contributed by atoms with Gasteiger partial charge in [-0.3, -0.25) is 9.69 Å². The van der Waals surface area contributed by atoms with Gasteiger partial charge in [-0.15, -0.1) is 5.10 Å². The molecule has 2 aromatic heterocycles. The number of aryl methyl sites for hydroxylation is 1. The summed E-state index contributed by atoms with van der Waals surface area (Å²) < 4.78 is 18.6. The van der Waals surface area contributed by atoms with E-state index in [-0.39, 0.29) is 17.7 Å². The van der Waals surface area contributed by atoms with E-state index in [4.69, 9.17) is 14.2 Å². The molecule has 3 heterocycles. The van der Waals surface area contributed by atoms with E-state index in [1.165, 1.54) is 5.56 Å². The maximum Gasteiger partial charge on any atom is 0.252 e. The molecule has 10 nitrogen and oxygen atoms in total. The van der Waals surface area contributed by atoms with Crippen LogP contribution in [0.4, 0.5) is 0 Å². The number of nitrogens with zero attached hydrogens (tertiary/aromatic N) is 5. The summed E-state index contributed by atoms with van der Waals surface area (Å²) in [6, 6.07) is 14.0. The first-order chi connectivity index (χ1) is 19.0. The van der Waals surface area contributed by atoms with E-state index >= 15 is 0 Å². The minimum Gasteiger partial charge on any atom is -0.493 e. The fourth-order valence-corrected chi connectivity index (χ4v) is 5.28. The molecule has 0 aliphatic carbocycles. The van der Waals surface area contributed by atoms with Crippen molar-refractivity contribution >= 4 is 10.9 Å². The maximum absolute atomic E-state index is 13.3. The van der Waals surface area contributed by atoms with Gasteiger partial charge in [-0.25, -0.2) is 4.68 Å². The highest BCUT2D eigenvalue weighted by Crippen LogP contribution is 2.32. The predicted molar refractivity (Wildman–Crippen MR) is 148 cm³/mol. The molecule has 1 fully saturated rings. The second-order valence-electron chi connectivity index (χ2n) is 10.1. The molecule has 5 rings (SSSR count). The molecular weight excluding hydrogens is 496 g/mol. The van der Waals surface area contributed by atoms with E-state index in [0.717, 1.165) is 42.6 Å². The van der Waals surface area contributed by atoms with Crippen molar-refractivity contribution in [3.8, 4) is 11.5 Å². The van der Waals surface area contributed by atoms with Gasteiger partial charge in [0, 0.05) is 36.7 Å². The first-order valence-electron chi connectivity index (χ1n) is 13.4. The summed E-state index contributed by atoms with van der Waals surface area (Å²) >= 11 is 0. The number of rotatable bonds is 11. The Morgan fingerprint density at radius 2 is 1.90 bits per heavy atom. The van der Waals surface area contributed by atoms with Crippen LogP contribution in [0.2, 0.25) is 0 Å². The molecule has 0 spiro atoms. The molecule has 1 aliphatic heterocycles. The summed E-state index contributed by atoms with van der Waals surface area (Å²) in [6.45, 7) is 6.65. The number of ether oxygens (including phenoxy) is 3. The number of hydrogen-bond acceptors (Lipinski definition) is 8. The van der Waals surface area contributed by atoms with Crippen LogP contribution in [0.5, 0.6) is 11.5 Å². The number of aromatic amines is 1. The van der Waals surface area contributed by atoms with Crippen LogP contribution in [0, 0.1) is 6.92 Å². The van der Waals surface area contributed by atoms with Crippen LogP contribution in [0.25, 0.3) is 10.9 Å². The van der Waals surface area contributed by atoms with E-state index < -0.39 is 0 Å². The number of pyridine rings is 1. The monoisotopic (exact) mass is 532 g/mol. The fourth-order valence-electron chi connectivity index (χ4n) is 5.28. The van der Waals surface area contributed by atoms with Crippen LogP contribution in [-0.4, -0.2) is 57.0 Å². The number of nitrogens with one attached hydrogen (secondary N) is 1. The highest BCUT2D eigenvalue weighted by molar-refractivity contribution is 5.83. The van der Waals surface area contributed by atoms with Crippen molar-refractivity contribution < 1.29 is 14.2 Å². The molecule has 4 aromatic rings. The molecule has 2 atom stereocenters. The lowest BCUT2D eigenvalue weighted by Gasteiger charge is -2.30. The first kappa shape index (κ1) is 26.8. The average molecular weight is 533 g/mol. The normalized spacial score (nSPS) is 16.2. The van der Waals surface area contributed by atoms with Crippen LogP contribution in [0.15, 0.2) is 47.3 Å². The zero-order valence-corrected chi connectivity index (χ0v) is 23.0. The molecule has 1 saturated heterocycles. The van der Waals surface area contributed by atoms with Gasteiger partial charge in [0.05, 0.1) is 38.4 Å². The lowest BCUT2D eigenvalue weighted by molar-refractivity contribution is 0.0888. The van der Waals surface area contributed by atoms with Crippen LogP contribution in [-0.2, 0) is 24.4 Å². The molecule has 2 aromatic carbocycles. The number of tetrazole rings is 1.